The number of rotatable bonds is 12. The van der Waals surface area contributed by atoms with Gasteiger partial charge in [-0.2, -0.15) is 0 Å². The van der Waals surface area contributed by atoms with Crippen LogP contribution in [0.25, 0.3) is 11.4 Å². The fourth-order valence-electron chi connectivity index (χ4n) is 4.75. The maximum absolute atomic E-state index is 12.9. The van der Waals surface area contributed by atoms with Gasteiger partial charge < -0.3 is 14.2 Å². The average molecular weight is 569 g/mol. The first kappa shape index (κ1) is 30.6. The number of hydrogen-bond acceptors (Lipinski definition) is 9. The Balaban J connectivity index is 1.84. The van der Waals surface area contributed by atoms with E-state index in [1.165, 1.54) is 46.1 Å². The normalized spacial score (nSPS) is 20.4. The Kier molecular flexibility index (Phi) is 10.8. The first-order valence-electron chi connectivity index (χ1n) is 12.8. The molecule has 1 aromatic heterocycles. The van der Waals surface area contributed by atoms with Gasteiger partial charge in [-0.1, -0.05) is 51.1 Å². The Morgan fingerprint density at radius 1 is 1.18 bits per heavy atom. The van der Waals surface area contributed by atoms with E-state index in [4.69, 9.17) is 14.2 Å². The number of thioether (sulfide) groups is 1. The van der Waals surface area contributed by atoms with Gasteiger partial charge >= 0.3 is 5.97 Å². The van der Waals surface area contributed by atoms with E-state index >= 15 is 0 Å². The number of nitrogens with zero attached hydrogens (tertiary/aromatic N) is 4. The minimum Gasteiger partial charge on any atom is -0.461 e. The molecule has 1 aromatic carbocycles. The molecule has 0 saturated heterocycles. The van der Waals surface area contributed by atoms with Crippen LogP contribution in [-0.4, -0.2) is 79.9 Å². The zero-order chi connectivity index (χ0) is 28.0. The number of carbonyl (C=O) groups excluding carboxylic acids is 1. The van der Waals surface area contributed by atoms with E-state index in [1.807, 2.05) is 0 Å². The molecule has 3 atom stereocenters. The van der Waals surface area contributed by atoms with Crippen molar-refractivity contribution in [3.05, 3.63) is 24.3 Å². The lowest BCUT2D eigenvalue weighted by Crippen LogP contribution is -2.36. The van der Waals surface area contributed by atoms with Gasteiger partial charge in [-0.25, -0.2) is 12.7 Å². The average Bonchev–Trinajstić information content (AvgIpc) is 3.28. The van der Waals surface area contributed by atoms with Crippen molar-refractivity contribution in [1.82, 2.24) is 19.1 Å². The number of hydrogen-bond donors (Lipinski definition) is 0. The maximum atomic E-state index is 12.9. The number of benzene rings is 1. The van der Waals surface area contributed by atoms with Crippen molar-refractivity contribution in [2.75, 3.05) is 34.1 Å². The van der Waals surface area contributed by atoms with Crippen molar-refractivity contribution >= 4 is 27.8 Å². The smallest absolute Gasteiger partial charge is 0.316 e. The highest BCUT2D eigenvalue weighted by Gasteiger charge is 2.33. The fourth-order valence-corrected chi connectivity index (χ4v) is 6.43. The van der Waals surface area contributed by atoms with Gasteiger partial charge in [-0.15, -0.1) is 10.2 Å². The van der Waals surface area contributed by atoms with Crippen molar-refractivity contribution in [2.45, 2.75) is 69.0 Å². The van der Waals surface area contributed by atoms with Gasteiger partial charge in [0, 0.05) is 33.9 Å². The topological polar surface area (TPSA) is 113 Å². The van der Waals surface area contributed by atoms with E-state index in [2.05, 4.69) is 31.0 Å². The van der Waals surface area contributed by atoms with Gasteiger partial charge in [0.25, 0.3) is 0 Å². The third-order valence-electron chi connectivity index (χ3n) is 7.01. The first-order valence-corrected chi connectivity index (χ1v) is 15.2. The van der Waals surface area contributed by atoms with Gasteiger partial charge in [0.15, 0.2) is 17.3 Å². The van der Waals surface area contributed by atoms with Crippen LogP contribution < -0.4 is 0 Å². The molecule has 2 aromatic rings. The van der Waals surface area contributed by atoms with Gasteiger partial charge in [0.2, 0.25) is 10.0 Å². The van der Waals surface area contributed by atoms with E-state index < -0.39 is 16.3 Å². The highest BCUT2D eigenvalue weighted by atomic mass is 32.2. The van der Waals surface area contributed by atoms with Crippen LogP contribution in [-0.2, 0) is 35.6 Å². The molecule has 10 nitrogen and oxygen atoms in total. The second-order valence-electron chi connectivity index (χ2n) is 10.3. The van der Waals surface area contributed by atoms with E-state index in [0.717, 1.165) is 23.6 Å². The SMILES string of the molecule is COC(Cn1c(SCC(=O)O[C@@H]2C[C@@H](C)CC[C@H]2C(C)C)nnc1-c1cccc(S(=O)(=O)N(C)C)c1)OC. The lowest BCUT2D eigenvalue weighted by molar-refractivity contribution is -0.152. The van der Waals surface area contributed by atoms with Crippen LogP contribution in [0.1, 0.15) is 40.0 Å². The summed E-state index contributed by atoms with van der Waals surface area (Å²) < 4.78 is 45.1. The summed E-state index contributed by atoms with van der Waals surface area (Å²) in [6, 6.07) is 6.52. The Labute approximate surface area is 230 Å². The highest BCUT2D eigenvalue weighted by Crippen LogP contribution is 2.36. The summed E-state index contributed by atoms with van der Waals surface area (Å²) in [6.45, 7) is 6.81. The van der Waals surface area contributed by atoms with Crippen molar-refractivity contribution < 1.29 is 27.4 Å². The molecule has 1 aliphatic carbocycles. The van der Waals surface area contributed by atoms with Crippen LogP contribution in [0, 0.1) is 17.8 Å². The zero-order valence-corrected chi connectivity index (χ0v) is 24.9. The Hall–Kier alpha value is -1.99. The molecule has 1 heterocycles. The molecule has 0 amide bonds. The summed E-state index contributed by atoms with van der Waals surface area (Å²) in [5.41, 5.74) is 0.566. The van der Waals surface area contributed by atoms with Gasteiger partial charge in [0.05, 0.1) is 17.2 Å². The van der Waals surface area contributed by atoms with Crippen molar-refractivity contribution in [3.63, 3.8) is 0 Å². The summed E-state index contributed by atoms with van der Waals surface area (Å²) in [7, 11) is 2.39. The minimum absolute atomic E-state index is 0.0759. The molecule has 0 bridgehead atoms. The molecule has 1 fully saturated rings. The third-order valence-corrected chi connectivity index (χ3v) is 9.76. The third kappa shape index (κ3) is 7.35. The molecule has 212 valence electrons. The monoisotopic (exact) mass is 568 g/mol. The van der Waals surface area contributed by atoms with Crippen LogP contribution in [0.4, 0.5) is 0 Å². The molecule has 0 spiro atoms. The van der Waals surface area contributed by atoms with Gasteiger partial charge in [-0.05, 0) is 42.7 Å². The number of aromatic nitrogens is 3. The van der Waals surface area contributed by atoms with Crippen LogP contribution in [0.5, 0.6) is 0 Å². The molecule has 38 heavy (non-hydrogen) atoms. The Bertz CT molecular complexity index is 1180. The quantitative estimate of drug-likeness (QED) is 0.214. The summed E-state index contributed by atoms with van der Waals surface area (Å²) in [5.74, 6) is 1.58. The second-order valence-corrected chi connectivity index (χ2v) is 13.4. The first-order chi connectivity index (χ1) is 18.0. The van der Waals surface area contributed by atoms with E-state index in [0.29, 0.717) is 34.3 Å². The zero-order valence-electron chi connectivity index (χ0n) is 23.3. The highest BCUT2D eigenvalue weighted by molar-refractivity contribution is 7.99. The Morgan fingerprint density at radius 3 is 2.53 bits per heavy atom. The predicted molar refractivity (Wildman–Crippen MR) is 146 cm³/mol. The van der Waals surface area contributed by atoms with Crippen molar-refractivity contribution in [2.24, 2.45) is 17.8 Å². The maximum Gasteiger partial charge on any atom is 0.316 e. The van der Waals surface area contributed by atoms with Crippen molar-refractivity contribution in [3.8, 4) is 11.4 Å². The number of methoxy groups -OCH3 is 2. The number of carbonyl (C=O) groups is 1. The van der Waals surface area contributed by atoms with E-state index in [1.54, 1.807) is 22.8 Å². The van der Waals surface area contributed by atoms with Crippen LogP contribution >= 0.6 is 11.8 Å². The molecular weight excluding hydrogens is 528 g/mol. The number of esters is 1. The van der Waals surface area contributed by atoms with Crippen LogP contribution in [0.3, 0.4) is 0 Å². The number of sulfonamides is 1. The summed E-state index contributed by atoms with van der Waals surface area (Å²) in [5, 5.41) is 9.13. The molecule has 3 rings (SSSR count). The fraction of sp³-hybridized carbons (Fsp3) is 0.654. The molecule has 0 unspecified atom stereocenters. The van der Waals surface area contributed by atoms with E-state index in [9.17, 15) is 13.2 Å². The molecule has 0 N–H and O–H groups in total. The molecule has 1 aliphatic rings. The molecule has 1 saturated carbocycles. The largest absolute Gasteiger partial charge is 0.461 e. The second kappa shape index (κ2) is 13.4. The van der Waals surface area contributed by atoms with Crippen LogP contribution in [0.2, 0.25) is 0 Å². The summed E-state index contributed by atoms with van der Waals surface area (Å²) in [4.78, 5) is 13.0. The molecular formula is C26H40N4O6S2. The van der Waals surface area contributed by atoms with Gasteiger partial charge in [0.1, 0.15) is 6.10 Å². The molecule has 12 heteroatoms. The lowest BCUT2D eigenvalue weighted by Gasteiger charge is -2.36. The standard InChI is InChI=1S/C26H40N4O6S2/c1-17(2)21-12-11-18(3)13-22(21)36-23(31)16-37-26-28-27-25(30(26)15-24(34-6)35-7)19-9-8-10-20(14-19)38(32,33)29(4)5/h8-10,14,17-18,21-22,24H,11-13,15-16H2,1-7H3/t18-,21-,22+/m0/s1. The molecule has 0 aliphatic heterocycles. The lowest BCUT2D eigenvalue weighted by atomic mass is 9.75. The summed E-state index contributed by atoms with van der Waals surface area (Å²) in [6.07, 6.45) is 2.44. The Morgan fingerprint density at radius 2 is 1.89 bits per heavy atom. The predicted octanol–water partition coefficient (Wildman–Crippen LogP) is 3.91. The van der Waals surface area contributed by atoms with Crippen LogP contribution in [0.15, 0.2) is 34.3 Å². The number of ether oxygens (including phenoxy) is 3. The molecule has 0 radical (unpaired) electrons. The van der Waals surface area contributed by atoms with Crippen molar-refractivity contribution in [1.29, 1.82) is 0 Å². The minimum atomic E-state index is -3.64. The van der Waals surface area contributed by atoms with E-state index in [-0.39, 0.29) is 29.3 Å². The van der Waals surface area contributed by atoms with Gasteiger partial charge in [-0.3, -0.25) is 9.36 Å². The summed E-state index contributed by atoms with van der Waals surface area (Å²) >= 11 is 1.22.